The van der Waals surface area contributed by atoms with E-state index in [1.54, 1.807) is 6.33 Å². The van der Waals surface area contributed by atoms with Gasteiger partial charge in [0.05, 0.1) is 12.2 Å². The predicted molar refractivity (Wildman–Crippen MR) is 66.4 cm³/mol. The molecule has 0 spiro atoms. The lowest BCUT2D eigenvalue weighted by Gasteiger charge is -2.07. The second-order valence-electron chi connectivity index (χ2n) is 3.32. The normalized spacial score (nSPS) is 10.6. The number of para-hydroxylation sites is 1. The Kier molecular flexibility index (Phi) is 3.69. The third-order valence-electron chi connectivity index (χ3n) is 2.23. The van der Waals surface area contributed by atoms with E-state index < -0.39 is 0 Å². The zero-order valence-electron chi connectivity index (χ0n) is 9.02. The highest BCUT2D eigenvalue weighted by atomic mass is 79.9. The van der Waals surface area contributed by atoms with Gasteiger partial charge in [-0.05, 0) is 34.6 Å². The Balaban J connectivity index is 2.33. The molecular formula is C11H13BrN4. The number of rotatable bonds is 4. The van der Waals surface area contributed by atoms with E-state index in [-0.39, 0.29) is 0 Å². The first-order valence-corrected chi connectivity index (χ1v) is 5.96. The highest BCUT2D eigenvalue weighted by Gasteiger charge is 2.08. The molecule has 0 radical (unpaired) electrons. The van der Waals surface area contributed by atoms with E-state index in [9.17, 15) is 0 Å². The molecule has 0 fully saturated rings. The fourth-order valence-corrected chi connectivity index (χ4v) is 1.90. The highest BCUT2D eigenvalue weighted by molar-refractivity contribution is 9.10. The minimum atomic E-state index is 0.720. The molecule has 0 aliphatic carbocycles. The molecule has 1 heterocycles. The number of benzene rings is 1. The van der Waals surface area contributed by atoms with Crippen LogP contribution in [0.2, 0.25) is 0 Å². The van der Waals surface area contributed by atoms with E-state index in [2.05, 4.69) is 38.3 Å². The molecule has 1 N–H and O–H groups in total. The van der Waals surface area contributed by atoms with Crippen molar-refractivity contribution in [2.45, 2.75) is 13.5 Å². The quantitative estimate of drug-likeness (QED) is 0.933. The van der Waals surface area contributed by atoms with Crippen LogP contribution < -0.4 is 5.32 Å². The first kappa shape index (κ1) is 11.3. The molecule has 1 aromatic carbocycles. The third-order valence-corrected chi connectivity index (χ3v) is 2.90. The van der Waals surface area contributed by atoms with Crippen LogP contribution in [-0.2, 0) is 6.54 Å². The minimum Gasteiger partial charge on any atom is -0.310 e. The van der Waals surface area contributed by atoms with E-state index in [0.717, 1.165) is 29.1 Å². The van der Waals surface area contributed by atoms with Crippen molar-refractivity contribution in [3.8, 4) is 5.69 Å². The van der Waals surface area contributed by atoms with Crippen LogP contribution in [-0.4, -0.2) is 21.3 Å². The molecule has 2 aromatic rings. The maximum atomic E-state index is 4.24. The number of aromatic nitrogens is 3. The molecule has 1 aromatic heterocycles. The first-order chi connectivity index (χ1) is 7.83. The van der Waals surface area contributed by atoms with Gasteiger partial charge in [0, 0.05) is 4.47 Å². The topological polar surface area (TPSA) is 42.7 Å². The molecule has 0 aliphatic rings. The molecule has 2 rings (SSSR count). The summed E-state index contributed by atoms with van der Waals surface area (Å²) in [4.78, 5) is 4.24. The maximum absolute atomic E-state index is 4.24. The smallest absolute Gasteiger partial charge is 0.146 e. The summed E-state index contributed by atoms with van der Waals surface area (Å²) < 4.78 is 2.85. The van der Waals surface area contributed by atoms with Gasteiger partial charge in [-0.3, -0.25) is 0 Å². The average molecular weight is 281 g/mol. The van der Waals surface area contributed by atoms with Crippen LogP contribution in [0.3, 0.4) is 0 Å². The Morgan fingerprint density at radius 2 is 2.19 bits per heavy atom. The molecule has 16 heavy (non-hydrogen) atoms. The lowest BCUT2D eigenvalue weighted by molar-refractivity contribution is 0.663. The zero-order valence-corrected chi connectivity index (χ0v) is 10.6. The Hall–Kier alpha value is -1.20. The van der Waals surface area contributed by atoms with Crippen molar-refractivity contribution in [2.75, 3.05) is 6.54 Å². The number of hydrogen-bond acceptors (Lipinski definition) is 3. The molecule has 0 aliphatic heterocycles. The molecule has 0 unspecified atom stereocenters. The van der Waals surface area contributed by atoms with Crippen LogP contribution in [0.1, 0.15) is 12.7 Å². The van der Waals surface area contributed by atoms with Gasteiger partial charge in [-0.25, -0.2) is 9.67 Å². The largest absolute Gasteiger partial charge is 0.310 e. The lowest BCUT2D eigenvalue weighted by atomic mass is 10.3. The van der Waals surface area contributed by atoms with Gasteiger partial charge < -0.3 is 5.32 Å². The molecule has 0 saturated heterocycles. The van der Waals surface area contributed by atoms with Crippen molar-refractivity contribution in [2.24, 2.45) is 0 Å². The van der Waals surface area contributed by atoms with Crippen LogP contribution in [0.15, 0.2) is 35.1 Å². The fraction of sp³-hybridized carbons (Fsp3) is 0.273. The van der Waals surface area contributed by atoms with Crippen molar-refractivity contribution < 1.29 is 0 Å². The molecule has 4 nitrogen and oxygen atoms in total. The third kappa shape index (κ3) is 2.31. The second kappa shape index (κ2) is 5.23. The van der Waals surface area contributed by atoms with Gasteiger partial charge in [-0.15, -0.1) is 0 Å². The van der Waals surface area contributed by atoms with E-state index in [0.29, 0.717) is 0 Å². The van der Waals surface area contributed by atoms with E-state index in [1.165, 1.54) is 0 Å². The Labute approximate surface area is 103 Å². The van der Waals surface area contributed by atoms with Gasteiger partial charge in [0.15, 0.2) is 0 Å². The summed E-state index contributed by atoms with van der Waals surface area (Å²) in [5, 5.41) is 7.48. The summed E-state index contributed by atoms with van der Waals surface area (Å²) in [5.41, 5.74) is 1.01. The van der Waals surface area contributed by atoms with E-state index in [4.69, 9.17) is 0 Å². The van der Waals surface area contributed by atoms with E-state index in [1.807, 2.05) is 28.9 Å². The van der Waals surface area contributed by atoms with Crippen LogP contribution in [0.5, 0.6) is 0 Å². The van der Waals surface area contributed by atoms with Gasteiger partial charge in [0.2, 0.25) is 0 Å². The fourth-order valence-electron chi connectivity index (χ4n) is 1.45. The summed E-state index contributed by atoms with van der Waals surface area (Å²) in [6.45, 7) is 3.71. The molecule has 0 saturated carbocycles. The summed E-state index contributed by atoms with van der Waals surface area (Å²) >= 11 is 3.51. The minimum absolute atomic E-state index is 0.720. The van der Waals surface area contributed by atoms with Crippen molar-refractivity contribution in [1.82, 2.24) is 20.1 Å². The first-order valence-electron chi connectivity index (χ1n) is 5.17. The van der Waals surface area contributed by atoms with Gasteiger partial charge in [0.25, 0.3) is 0 Å². The van der Waals surface area contributed by atoms with Crippen LogP contribution >= 0.6 is 15.9 Å². The van der Waals surface area contributed by atoms with Crippen LogP contribution in [0.25, 0.3) is 5.69 Å². The number of halogens is 1. The molecule has 0 bridgehead atoms. The highest BCUT2D eigenvalue weighted by Crippen LogP contribution is 2.20. The van der Waals surface area contributed by atoms with Crippen molar-refractivity contribution in [3.05, 3.63) is 40.9 Å². The molecule has 0 amide bonds. The Bertz CT molecular complexity index is 467. The number of hydrogen-bond donors (Lipinski definition) is 1. The Morgan fingerprint density at radius 3 is 2.94 bits per heavy atom. The monoisotopic (exact) mass is 280 g/mol. The summed E-state index contributed by atoms with van der Waals surface area (Å²) in [5.74, 6) is 0.911. The molecule has 0 atom stereocenters. The molecule has 5 heteroatoms. The van der Waals surface area contributed by atoms with Gasteiger partial charge in [-0.2, -0.15) is 5.10 Å². The predicted octanol–water partition coefficient (Wildman–Crippen LogP) is 2.14. The van der Waals surface area contributed by atoms with Gasteiger partial charge in [-0.1, -0.05) is 19.1 Å². The van der Waals surface area contributed by atoms with Gasteiger partial charge in [0.1, 0.15) is 12.2 Å². The van der Waals surface area contributed by atoms with E-state index >= 15 is 0 Å². The molecule has 84 valence electrons. The number of nitrogens with zero attached hydrogens (tertiary/aromatic N) is 3. The SMILES string of the molecule is CCNCc1ncnn1-c1ccccc1Br. The average Bonchev–Trinajstić information content (AvgIpc) is 2.75. The summed E-state index contributed by atoms with van der Waals surface area (Å²) in [6, 6.07) is 7.97. The zero-order chi connectivity index (χ0) is 11.4. The molecular weight excluding hydrogens is 268 g/mol. The Morgan fingerprint density at radius 1 is 1.38 bits per heavy atom. The summed E-state index contributed by atoms with van der Waals surface area (Å²) in [7, 11) is 0. The van der Waals surface area contributed by atoms with Crippen molar-refractivity contribution >= 4 is 15.9 Å². The van der Waals surface area contributed by atoms with Crippen LogP contribution in [0, 0.1) is 0 Å². The summed E-state index contributed by atoms with van der Waals surface area (Å²) in [6.07, 6.45) is 1.58. The van der Waals surface area contributed by atoms with Crippen molar-refractivity contribution in [3.63, 3.8) is 0 Å². The second-order valence-corrected chi connectivity index (χ2v) is 4.17. The van der Waals surface area contributed by atoms with Crippen LogP contribution in [0.4, 0.5) is 0 Å². The number of nitrogens with one attached hydrogen (secondary N) is 1. The standard InChI is InChI=1S/C11H13BrN4/c1-2-13-7-11-14-8-15-16(11)10-6-4-3-5-9(10)12/h3-6,8,13H,2,7H2,1H3. The van der Waals surface area contributed by atoms with Gasteiger partial charge >= 0.3 is 0 Å². The lowest BCUT2D eigenvalue weighted by Crippen LogP contribution is -2.16. The van der Waals surface area contributed by atoms with Crippen molar-refractivity contribution in [1.29, 1.82) is 0 Å². The maximum Gasteiger partial charge on any atom is 0.146 e.